The molecular formula is C14H28N4. The molecule has 1 aromatic rings. The van der Waals surface area contributed by atoms with Crippen molar-refractivity contribution in [3.63, 3.8) is 0 Å². The molecule has 0 bridgehead atoms. The lowest BCUT2D eigenvalue weighted by Gasteiger charge is -2.29. The van der Waals surface area contributed by atoms with Crippen LogP contribution in [0.3, 0.4) is 0 Å². The van der Waals surface area contributed by atoms with Crippen molar-refractivity contribution in [1.82, 2.24) is 20.1 Å². The van der Waals surface area contributed by atoms with Gasteiger partial charge in [0.25, 0.3) is 0 Å². The average molecular weight is 252 g/mol. The van der Waals surface area contributed by atoms with Gasteiger partial charge in [-0.25, -0.2) is 4.98 Å². The standard InChI is InChI=1S/C14H28N4/c1-5-8-14(4,11-15-7-3)10-13-16-12-17-18(13)9-6-2/h12,15H,5-11H2,1-4H3. The van der Waals surface area contributed by atoms with Crippen LogP contribution in [-0.2, 0) is 13.0 Å². The second-order valence-corrected chi connectivity index (χ2v) is 5.42. The van der Waals surface area contributed by atoms with E-state index in [0.29, 0.717) is 0 Å². The van der Waals surface area contributed by atoms with Crippen molar-refractivity contribution < 1.29 is 0 Å². The number of nitrogens with one attached hydrogen (secondary N) is 1. The maximum absolute atomic E-state index is 4.43. The topological polar surface area (TPSA) is 42.7 Å². The fourth-order valence-corrected chi connectivity index (χ4v) is 2.47. The molecule has 0 aliphatic rings. The Bertz CT molecular complexity index is 334. The summed E-state index contributed by atoms with van der Waals surface area (Å²) in [6, 6.07) is 0. The molecule has 1 unspecified atom stereocenters. The van der Waals surface area contributed by atoms with Crippen LogP contribution in [0, 0.1) is 5.41 Å². The van der Waals surface area contributed by atoms with Crippen molar-refractivity contribution in [1.29, 1.82) is 0 Å². The number of hydrogen-bond donors (Lipinski definition) is 1. The highest BCUT2D eigenvalue weighted by Gasteiger charge is 2.25. The summed E-state index contributed by atoms with van der Waals surface area (Å²) in [6.45, 7) is 12.0. The number of aromatic nitrogens is 3. The molecule has 0 radical (unpaired) electrons. The third kappa shape index (κ3) is 4.41. The van der Waals surface area contributed by atoms with Gasteiger partial charge in [0.15, 0.2) is 0 Å². The highest BCUT2D eigenvalue weighted by atomic mass is 15.3. The van der Waals surface area contributed by atoms with Crippen LogP contribution in [-0.4, -0.2) is 27.9 Å². The molecule has 1 rings (SSSR count). The first-order valence-electron chi connectivity index (χ1n) is 7.22. The highest BCUT2D eigenvalue weighted by molar-refractivity contribution is 4.93. The lowest BCUT2D eigenvalue weighted by atomic mass is 9.82. The van der Waals surface area contributed by atoms with E-state index in [1.165, 1.54) is 12.8 Å². The van der Waals surface area contributed by atoms with Gasteiger partial charge >= 0.3 is 0 Å². The molecule has 1 aromatic heterocycles. The maximum atomic E-state index is 4.43. The summed E-state index contributed by atoms with van der Waals surface area (Å²) in [4.78, 5) is 4.43. The van der Waals surface area contributed by atoms with E-state index >= 15 is 0 Å². The van der Waals surface area contributed by atoms with Crippen LogP contribution in [0.1, 0.15) is 52.8 Å². The summed E-state index contributed by atoms with van der Waals surface area (Å²) in [6.07, 6.45) is 6.23. The quantitative estimate of drug-likeness (QED) is 0.734. The van der Waals surface area contributed by atoms with Gasteiger partial charge in [-0.05, 0) is 24.8 Å². The van der Waals surface area contributed by atoms with E-state index in [4.69, 9.17) is 0 Å². The summed E-state index contributed by atoms with van der Waals surface area (Å²) in [5.41, 5.74) is 0.281. The van der Waals surface area contributed by atoms with Gasteiger partial charge in [0.1, 0.15) is 12.2 Å². The molecule has 4 heteroatoms. The molecule has 1 heterocycles. The van der Waals surface area contributed by atoms with Gasteiger partial charge in [0, 0.05) is 19.5 Å². The van der Waals surface area contributed by atoms with Gasteiger partial charge in [-0.2, -0.15) is 5.10 Å². The minimum Gasteiger partial charge on any atom is -0.316 e. The molecule has 1 N–H and O–H groups in total. The first-order chi connectivity index (χ1) is 8.65. The van der Waals surface area contributed by atoms with Gasteiger partial charge < -0.3 is 5.32 Å². The molecule has 0 aliphatic carbocycles. The zero-order valence-corrected chi connectivity index (χ0v) is 12.4. The first kappa shape index (κ1) is 15.2. The SMILES string of the molecule is CCCn1ncnc1CC(C)(CCC)CNCC. The van der Waals surface area contributed by atoms with E-state index in [1.807, 2.05) is 0 Å². The van der Waals surface area contributed by atoms with Gasteiger partial charge in [-0.15, -0.1) is 0 Å². The Labute approximate surface area is 111 Å². The number of rotatable bonds is 9. The molecule has 0 fully saturated rings. The molecule has 104 valence electrons. The molecule has 0 amide bonds. The van der Waals surface area contributed by atoms with Crippen LogP contribution in [0.2, 0.25) is 0 Å². The predicted molar refractivity (Wildman–Crippen MR) is 75.6 cm³/mol. The van der Waals surface area contributed by atoms with Crippen LogP contribution in [0.15, 0.2) is 6.33 Å². The Morgan fingerprint density at radius 1 is 1.28 bits per heavy atom. The van der Waals surface area contributed by atoms with Crippen LogP contribution < -0.4 is 5.32 Å². The van der Waals surface area contributed by atoms with Crippen LogP contribution in [0.4, 0.5) is 0 Å². The number of aryl methyl sites for hydroxylation is 1. The van der Waals surface area contributed by atoms with E-state index in [9.17, 15) is 0 Å². The van der Waals surface area contributed by atoms with Crippen molar-refractivity contribution in [2.24, 2.45) is 5.41 Å². The first-order valence-corrected chi connectivity index (χ1v) is 7.22. The summed E-state index contributed by atoms with van der Waals surface area (Å²) < 4.78 is 2.06. The van der Waals surface area contributed by atoms with Crippen LogP contribution >= 0.6 is 0 Å². The lowest BCUT2D eigenvalue weighted by molar-refractivity contribution is 0.267. The molecule has 0 saturated carbocycles. The van der Waals surface area contributed by atoms with E-state index in [1.54, 1.807) is 6.33 Å². The third-order valence-corrected chi connectivity index (χ3v) is 3.37. The summed E-state index contributed by atoms with van der Waals surface area (Å²) >= 11 is 0. The Hall–Kier alpha value is -0.900. The van der Waals surface area contributed by atoms with E-state index in [2.05, 4.69) is 47.8 Å². The second-order valence-electron chi connectivity index (χ2n) is 5.42. The van der Waals surface area contributed by atoms with Gasteiger partial charge in [-0.3, -0.25) is 4.68 Å². The molecule has 0 spiro atoms. The zero-order valence-electron chi connectivity index (χ0n) is 12.4. The monoisotopic (exact) mass is 252 g/mol. The van der Waals surface area contributed by atoms with Gasteiger partial charge in [0.2, 0.25) is 0 Å². The zero-order chi connectivity index (χ0) is 13.4. The molecule has 1 atom stereocenters. The molecule has 18 heavy (non-hydrogen) atoms. The number of hydrogen-bond acceptors (Lipinski definition) is 3. The molecule has 4 nitrogen and oxygen atoms in total. The van der Waals surface area contributed by atoms with Crippen molar-refractivity contribution in [3.8, 4) is 0 Å². The number of nitrogens with zero attached hydrogens (tertiary/aromatic N) is 3. The third-order valence-electron chi connectivity index (χ3n) is 3.37. The van der Waals surface area contributed by atoms with Crippen molar-refractivity contribution in [2.75, 3.05) is 13.1 Å². The Kier molecular flexibility index (Phi) is 6.33. The fourth-order valence-electron chi connectivity index (χ4n) is 2.47. The van der Waals surface area contributed by atoms with Crippen molar-refractivity contribution >= 4 is 0 Å². The summed E-state index contributed by atoms with van der Waals surface area (Å²) in [7, 11) is 0. The Balaban J connectivity index is 2.72. The smallest absolute Gasteiger partial charge is 0.138 e. The molecule has 0 aliphatic heterocycles. The minimum absolute atomic E-state index is 0.281. The van der Waals surface area contributed by atoms with Crippen molar-refractivity contribution in [2.45, 2.75) is 59.9 Å². The predicted octanol–water partition coefficient (Wildman–Crippen LogP) is 2.65. The largest absolute Gasteiger partial charge is 0.316 e. The fraction of sp³-hybridized carbons (Fsp3) is 0.857. The summed E-state index contributed by atoms with van der Waals surface area (Å²) in [5, 5.41) is 7.80. The summed E-state index contributed by atoms with van der Waals surface area (Å²) in [5.74, 6) is 1.13. The van der Waals surface area contributed by atoms with Gasteiger partial charge in [0.05, 0.1) is 0 Å². The van der Waals surface area contributed by atoms with E-state index in [0.717, 1.165) is 38.3 Å². The average Bonchev–Trinajstić information content (AvgIpc) is 2.75. The molecule has 0 saturated heterocycles. The van der Waals surface area contributed by atoms with E-state index in [-0.39, 0.29) is 5.41 Å². The molecular weight excluding hydrogens is 224 g/mol. The highest BCUT2D eigenvalue weighted by Crippen LogP contribution is 2.26. The normalized spacial score (nSPS) is 14.7. The van der Waals surface area contributed by atoms with Crippen LogP contribution in [0.25, 0.3) is 0 Å². The molecule has 0 aromatic carbocycles. The Morgan fingerprint density at radius 2 is 2.06 bits per heavy atom. The maximum Gasteiger partial charge on any atom is 0.138 e. The van der Waals surface area contributed by atoms with Crippen LogP contribution in [0.5, 0.6) is 0 Å². The second kappa shape index (κ2) is 7.52. The Morgan fingerprint density at radius 3 is 2.67 bits per heavy atom. The van der Waals surface area contributed by atoms with Gasteiger partial charge in [-0.1, -0.05) is 34.1 Å². The van der Waals surface area contributed by atoms with E-state index < -0.39 is 0 Å². The lowest BCUT2D eigenvalue weighted by Crippen LogP contribution is -2.34. The van der Waals surface area contributed by atoms with Crippen molar-refractivity contribution in [3.05, 3.63) is 12.2 Å². The minimum atomic E-state index is 0.281.